The van der Waals surface area contributed by atoms with Crippen molar-refractivity contribution in [2.24, 2.45) is 0 Å². The summed E-state index contributed by atoms with van der Waals surface area (Å²) >= 11 is 0. The molecule has 2 aliphatic rings. The molecule has 4 rings (SSSR count). The second-order valence-corrected chi connectivity index (χ2v) is 8.21. The molecule has 2 fully saturated rings. The number of ether oxygens (including phenoxy) is 1. The second kappa shape index (κ2) is 8.49. The summed E-state index contributed by atoms with van der Waals surface area (Å²) in [4.78, 5) is 21.8. The van der Waals surface area contributed by atoms with E-state index in [-0.39, 0.29) is 17.8 Å². The van der Waals surface area contributed by atoms with Crippen molar-refractivity contribution in [3.63, 3.8) is 0 Å². The smallest absolute Gasteiger partial charge is 0.272 e. The fraction of sp³-hybridized carbons (Fsp3) is 0.478. The van der Waals surface area contributed by atoms with Crippen LogP contribution in [0.2, 0.25) is 0 Å². The largest absolute Gasteiger partial charge is 0.490 e. The number of rotatable bonds is 4. The van der Waals surface area contributed by atoms with Gasteiger partial charge in [0.15, 0.2) is 0 Å². The first-order valence-electron chi connectivity index (χ1n) is 10.4. The zero-order valence-corrected chi connectivity index (χ0v) is 17.1. The van der Waals surface area contributed by atoms with Gasteiger partial charge in [-0.1, -0.05) is 6.07 Å². The van der Waals surface area contributed by atoms with Crippen LogP contribution in [-0.4, -0.2) is 60.0 Å². The van der Waals surface area contributed by atoms with E-state index in [1.807, 2.05) is 30.0 Å². The summed E-state index contributed by atoms with van der Waals surface area (Å²) in [5.74, 6) is 0.863. The van der Waals surface area contributed by atoms with E-state index in [1.54, 1.807) is 6.07 Å². The maximum atomic E-state index is 13.3. The van der Waals surface area contributed by atoms with Gasteiger partial charge in [0.25, 0.3) is 5.91 Å². The van der Waals surface area contributed by atoms with E-state index < -0.39 is 0 Å². The molecule has 1 amide bonds. The van der Waals surface area contributed by atoms with Crippen molar-refractivity contribution in [2.45, 2.75) is 38.2 Å². The lowest BCUT2D eigenvalue weighted by Crippen LogP contribution is -2.42. The van der Waals surface area contributed by atoms with Crippen LogP contribution in [0.25, 0.3) is 0 Å². The Morgan fingerprint density at radius 2 is 1.93 bits per heavy atom. The first-order chi connectivity index (χ1) is 14.0. The Hall–Kier alpha value is -2.47. The fourth-order valence-corrected chi connectivity index (χ4v) is 4.24. The van der Waals surface area contributed by atoms with E-state index in [9.17, 15) is 9.18 Å². The number of nitrogens with zero attached hydrogens (tertiary/aromatic N) is 3. The molecule has 0 aliphatic carbocycles. The Labute approximate surface area is 171 Å². The Balaban J connectivity index is 1.35. The quantitative estimate of drug-likeness (QED) is 0.790. The van der Waals surface area contributed by atoms with Crippen molar-refractivity contribution in [1.82, 2.24) is 14.8 Å². The monoisotopic (exact) mass is 397 g/mol. The van der Waals surface area contributed by atoms with Crippen LogP contribution in [0.3, 0.4) is 0 Å². The maximum absolute atomic E-state index is 13.3. The highest BCUT2D eigenvalue weighted by atomic mass is 19.1. The molecule has 0 radical (unpaired) electrons. The minimum atomic E-state index is -0.255. The maximum Gasteiger partial charge on any atom is 0.272 e. The topological polar surface area (TPSA) is 45.7 Å². The van der Waals surface area contributed by atoms with Crippen LogP contribution in [0.4, 0.5) is 4.39 Å². The third-order valence-corrected chi connectivity index (χ3v) is 5.96. The number of hydrogen-bond acceptors (Lipinski definition) is 4. The molecule has 6 heteroatoms. The second-order valence-electron chi connectivity index (χ2n) is 8.21. The zero-order valence-electron chi connectivity index (χ0n) is 17.1. The first kappa shape index (κ1) is 19.8. The molecular weight excluding hydrogens is 369 g/mol. The third-order valence-electron chi connectivity index (χ3n) is 5.96. The number of carbonyl (C=O) groups is 1. The summed E-state index contributed by atoms with van der Waals surface area (Å²) in [6.45, 7) is 5.20. The van der Waals surface area contributed by atoms with E-state index in [2.05, 4.69) is 16.9 Å². The Bertz CT molecular complexity index is 880. The van der Waals surface area contributed by atoms with Gasteiger partial charge in [-0.25, -0.2) is 9.37 Å². The van der Waals surface area contributed by atoms with Gasteiger partial charge < -0.3 is 14.5 Å². The van der Waals surface area contributed by atoms with E-state index in [0.29, 0.717) is 30.5 Å². The van der Waals surface area contributed by atoms with Crippen LogP contribution in [0.1, 0.15) is 46.9 Å². The number of hydrogen-bond donors (Lipinski definition) is 0. The van der Waals surface area contributed by atoms with Gasteiger partial charge in [0.05, 0.1) is 0 Å². The average Bonchev–Trinajstić information content (AvgIpc) is 3.17. The standard InChI is InChI=1S/C23H28FN3O2/c1-16-14-18(24)6-7-22(16)29-19-9-12-27(13-10-19)23(28)21-5-3-4-20(25-21)17-8-11-26(2)15-17/h3-7,14,17,19H,8-13,15H2,1-2H3. The predicted octanol–water partition coefficient (Wildman–Crippen LogP) is 3.63. The molecule has 3 heterocycles. The van der Waals surface area contributed by atoms with Crippen molar-refractivity contribution in [2.75, 3.05) is 33.2 Å². The number of halogens is 1. The molecule has 0 spiro atoms. The fourth-order valence-electron chi connectivity index (χ4n) is 4.24. The molecular formula is C23H28FN3O2. The molecule has 2 saturated heterocycles. The minimum absolute atomic E-state index is 0.00499. The molecule has 154 valence electrons. The van der Waals surface area contributed by atoms with Crippen LogP contribution >= 0.6 is 0 Å². The molecule has 2 aromatic rings. The Morgan fingerprint density at radius 3 is 2.62 bits per heavy atom. The number of likely N-dealkylation sites (tertiary alicyclic amines) is 2. The van der Waals surface area contributed by atoms with Crippen molar-refractivity contribution >= 4 is 5.91 Å². The Morgan fingerprint density at radius 1 is 1.14 bits per heavy atom. The average molecular weight is 397 g/mol. The molecule has 5 nitrogen and oxygen atoms in total. The Kier molecular flexibility index (Phi) is 5.81. The van der Waals surface area contributed by atoms with Crippen molar-refractivity contribution in [1.29, 1.82) is 0 Å². The predicted molar refractivity (Wildman–Crippen MR) is 110 cm³/mol. The van der Waals surface area contributed by atoms with Crippen LogP contribution in [0.15, 0.2) is 36.4 Å². The number of aryl methyl sites for hydroxylation is 1. The van der Waals surface area contributed by atoms with Gasteiger partial charge in [0.2, 0.25) is 0 Å². The van der Waals surface area contributed by atoms with Crippen molar-refractivity contribution in [3.8, 4) is 5.75 Å². The highest BCUT2D eigenvalue weighted by Crippen LogP contribution is 2.26. The summed E-state index contributed by atoms with van der Waals surface area (Å²) in [5.41, 5.74) is 2.35. The number of aromatic nitrogens is 1. The van der Waals surface area contributed by atoms with Gasteiger partial charge in [-0.15, -0.1) is 0 Å². The molecule has 1 aromatic heterocycles. The van der Waals surface area contributed by atoms with E-state index in [0.717, 1.165) is 43.6 Å². The number of carbonyl (C=O) groups excluding carboxylic acids is 1. The molecule has 29 heavy (non-hydrogen) atoms. The number of amides is 1. The van der Waals surface area contributed by atoms with E-state index in [4.69, 9.17) is 4.74 Å². The molecule has 0 saturated carbocycles. The molecule has 0 N–H and O–H groups in total. The van der Waals surface area contributed by atoms with Crippen molar-refractivity contribution < 1.29 is 13.9 Å². The summed E-state index contributed by atoms with van der Waals surface area (Å²) in [5, 5.41) is 0. The normalized spacial score (nSPS) is 20.8. The lowest BCUT2D eigenvalue weighted by molar-refractivity contribution is 0.0588. The summed E-state index contributed by atoms with van der Waals surface area (Å²) in [6, 6.07) is 10.4. The number of pyridine rings is 1. The van der Waals surface area contributed by atoms with Crippen LogP contribution in [-0.2, 0) is 0 Å². The lowest BCUT2D eigenvalue weighted by atomic mass is 10.0. The van der Waals surface area contributed by atoms with Crippen molar-refractivity contribution in [3.05, 3.63) is 59.2 Å². The van der Waals surface area contributed by atoms with Crippen LogP contribution in [0, 0.1) is 12.7 Å². The van der Waals surface area contributed by atoms with E-state index >= 15 is 0 Å². The molecule has 1 atom stereocenters. The summed E-state index contributed by atoms with van der Waals surface area (Å²) in [6.07, 6.45) is 2.65. The molecule has 1 aromatic carbocycles. The SMILES string of the molecule is Cc1cc(F)ccc1OC1CCN(C(=O)c2cccc(C3CCN(C)C3)n2)CC1. The van der Waals surface area contributed by atoms with Gasteiger partial charge in [-0.3, -0.25) is 4.79 Å². The number of likely N-dealkylation sites (N-methyl/N-ethyl adjacent to an activating group) is 1. The van der Waals surface area contributed by atoms with Gasteiger partial charge in [-0.05, 0) is 62.8 Å². The van der Waals surface area contributed by atoms with E-state index in [1.165, 1.54) is 12.1 Å². The highest BCUT2D eigenvalue weighted by molar-refractivity contribution is 5.92. The number of piperidine rings is 1. The van der Waals surface area contributed by atoms with Gasteiger partial charge in [0, 0.05) is 44.1 Å². The molecule has 1 unspecified atom stereocenters. The first-order valence-corrected chi connectivity index (χ1v) is 10.4. The van der Waals surface area contributed by atoms with Gasteiger partial charge >= 0.3 is 0 Å². The summed E-state index contributed by atoms with van der Waals surface area (Å²) in [7, 11) is 2.12. The molecule has 0 bridgehead atoms. The zero-order chi connectivity index (χ0) is 20.4. The van der Waals surface area contributed by atoms with Crippen LogP contribution in [0.5, 0.6) is 5.75 Å². The summed E-state index contributed by atoms with van der Waals surface area (Å²) < 4.78 is 19.3. The van der Waals surface area contributed by atoms with Crippen LogP contribution < -0.4 is 4.74 Å². The van der Waals surface area contributed by atoms with Gasteiger partial charge in [-0.2, -0.15) is 0 Å². The third kappa shape index (κ3) is 4.58. The minimum Gasteiger partial charge on any atom is -0.490 e. The lowest BCUT2D eigenvalue weighted by Gasteiger charge is -2.32. The van der Waals surface area contributed by atoms with Gasteiger partial charge in [0.1, 0.15) is 23.4 Å². The molecule has 2 aliphatic heterocycles. The number of benzene rings is 1. The highest BCUT2D eigenvalue weighted by Gasteiger charge is 2.27.